The van der Waals surface area contributed by atoms with Crippen molar-refractivity contribution < 1.29 is 9.59 Å². The normalized spacial score (nSPS) is 11.9. The first kappa shape index (κ1) is 22.3. The second-order valence-electron chi connectivity index (χ2n) is 6.98. The molecule has 0 aliphatic carbocycles. The van der Waals surface area contributed by atoms with Gasteiger partial charge in [-0.15, -0.1) is 0 Å². The van der Waals surface area contributed by atoms with Gasteiger partial charge in [-0.05, 0) is 37.1 Å². The Morgan fingerprint density at radius 1 is 1.07 bits per heavy atom. The second-order valence-corrected chi connectivity index (χ2v) is 7.82. The maximum Gasteiger partial charge on any atom is 0.243 e. The molecule has 0 radical (unpaired) electrons. The lowest BCUT2D eigenvalue weighted by Crippen LogP contribution is -2.51. The molecule has 6 heteroatoms. The molecule has 0 heterocycles. The van der Waals surface area contributed by atoms with Gasteiger partial charge in [0.1, 0.15) is 6.04 Å². The fraction of sp³-hybridized carbons (Fsp3) is 0.364. The number of benzene rings is 2. The number of hydrogen-bond acceptors (Lipinski definition) is 2. The Kier molecular flexibility index (Phi) is 8.34. The summed E-state index contributed by atoms with van der Waals surface area (Å²) in [4.78, 5) is 27.4. The fourth-order valence-corrected chi connectivity index (χ4v) is 3.44. The molecule has 0 bridgehead atoms. The van der Waals surface area contributed by atoms with Crippen LogP contribution in [0.25, 0.3) is 0 Å². The van der Waals surface area contributed by atoms with Gasteiger partial charge in [-0.2, -0.15) is 0 Å². The molecular formula is C22H26Cl2N2O2. The van der Waals surface area contributed by atoms with E-state index in [2.05, 4.69) is 5.32 Å². The van der Waals surface area contributed by atoms with Crippen LogP contribution in [0.5, 0.6) is 0 Å². The minimum absolute atomic E-state index is 0.0246. The van der Waals surface area contributed by atoms with E-state index in [1.54, 1.807) is 30.0 Å². The Balaban J connectivity index is 2.39. The van der Waals surface area contributed by atoms with Crippen molar-refractivity contribution in [3.8, 4) is 0 Å². The van der Waals surface area contributed by atoms with Gasteiger partial charge in [0.25, 0.3) is 0 Å². The highest BCUT2D eigenvalue weighted by Gasteiger charge is 2.30. The lowest BCUT2D eigenvalue weighted by Gasteiger charge is -2.32. The number of halogens is 2. The Morgan fingerprint density at radius 2 is 1.75 bits per heavy atom. The number of amides is 2. The van der Waals surface area contributed by atoms with Gasteiger partial charge in [-0.1, -0.05) is 66.5 Å². The van der Waals surface area contributed by atoms with E-state index in [9.17, 15) is 9.59 Å². The molecular weight excluding hydrogens is 395 g/mol. The smallest absolute Gasteiger partial charge is 0.243 e. The molecule has 2 aromatic rings. The average molecular weight is 421 g/mol. The van der Waals surface area contributed by atoms with Crippen molar-refractivity contribution in [1.82, 2.24) is 10.2 Å². The van der Waals surface area contributed by atoms with Crippen molar-refractivity contribution in [1.29, 1.82) is 0 Å². The van der Waals surface area contributed by atoms with Crippen LogP contribution in [-0.2, 0) is 22.6 Å². The Hall–Kier alpha value is -2.04. The van der Waals surface area contributed by atoms with Gasteiger partial charge in [0, 0.05) is 35.5 Å². The summed E-state index contributed by atoms with van der Waals surface area (Å²) in [5.41, 5.74) is 1.74. The van der Waals surface area contributed by atoms with E-state index in [4.69, 9.17) is 23.2 Å². The molecule has 0 spiro atoms. The zero-order valence-electron chi connectivity index (χ0n) is 16.4. The van der Waals surface area contributed by atoms with Crippen molar-refractivity contribution in [2.24, 2.45) is 0 Å². The number of carbonyl (C=O) groups is 2. The fourth-order valence-electron chi connectivity index (χ4n) is 2.97. The zero-order valence-corrected chi connectivity index (χ0v) is 17.9. The van der Waals surface area contributed by atoms with Gasteiger partial charge >= 0.3 is 0 Å². The molecule has 0 aromatic heterocycles. The topological polar surface area (TPSA) is 49.4 Å². The summed E-state index contributed by atoms with van der Waals surface area (Å²) in [6, 6.07) is 14.2. The molecule has 0 aliphatic heterocycles. The standard InChI is InChI=1S/C22H26Cl2N2O2/c1-4-21(27)26(14-17-10-11-18(23)13-19(17)24)20(22(28)25-15(2)3)12-16-8-6-5-7-9-16/h5-11,13,15,20H,4,12,14H2,1-3H3,(H,25,28)/t20-/m1/s1. The van der Waals surface area contributed by atoms with Crippen molar-refractivity contribution in [3.05, 3.63) is 69.7 Å². The van der Waals surface area contributed by atoms with Gasteiger partial charge in [0.05, 0.1) is 0 Å². The summed E-state index contributed by atoms with van der Waals surface area (Å²) in [6.07, 6.45) is 0.724. The summed E-state index contributed by atoms with van der Waals surface area (Å²) < 4.78 is 0. The first-order valence-corrected chi connectivity index (χ1v) is 10.1. The molecule has 4 nitrogen and oxygen atoms in total. The third kappa shape index (κ3) is 6.25. The number of nitrogens with zero attached hydrogens (tertiary/aromatic N) is 1. The summed E-state index contributed by atoms with van der Waals surface area (Å²) in [5, 5.41) is 3.95. The van der Waals surface area contributed by atoms with Crippen molar-refractivity contribution >= 4 is 35.0 Å². The first-order chi connectivity index (χ1) is 13.3. The predicted octanol–water partition coefficient (Wildman–Crippen LogP) is 4.87. The molecule has 150 valence electrons. The monoisotopic (exact) mass is 420 g/mol. The minimum Gasteiger partial charge on any atom is -0.352 e. The van der Waals surface area contributed by atoms with Crippen LogP contribution in [0.2, 0.25) is 10.0 Å². The second kappa shape index (κ2) is 10.5. The summed E-state index contributed by atoms with van der Waals surface area (Å²) in [7, 11) is 0. The molecule has 28 heavy (non-hydrogen) atoms. The predicted molar refractivity (Wildman–Crippen MR) is 115 cm³/mol. The van der Waals surface area contributed by atoms with Crippen molar-refractivity contribution in [2.75, 3.05) is 0 Å². The molecule has 1 atom stereocenters. The molecule has 1 N–H and O–H groups in total. The van der Waals surface area contributed by atoms with E-state index in [0.717, 1.165) is 11.1 Å². The number of nitrogens with one attached hydrogen (secondary N) is 1. The third-order valence-corrected chi connectivity index (χ3v) is 4.95. The van der Waals surface area contributed by atoms with Crippen LogP contribution in [0.3, 0.4) is 0 Å². The highest BCUT2D eigenvalue weighted by Crippen LogP contribution is 2.24. The zero-order chi connectivity index (χ0) is 20.7. The van der Waals surface area contributed by atoms with Crippen molar-refractivity contribution in [3.63, 3.8) is 0 Å². The third-order valence-electron chi connectivity index (χ3n) is 4.36. The van der Waals surface area contributed by atoms with E-state index in [1.807, 2.05) is 44.2 Å². The largest absolute Gasteiger partial charge is 0.352 e. The van der Waals surface area contributed by atoms with E-state index in [1.165, 1.54) is 0 Å². The van der Waals surface area contributed by atoms with Gasteiger partial charge in [0.15, 0.2) is 0 Å². The minimum atomic E-state index is -0.635. The van der Waals surface area contributed by atoms with E-state index >= 15 is 0 Å². The first-order valence-electron chi connectivity index (χ1n) is 9.39. The maximum atomic E-state index is 13.0. The van der Waals surface area contributed by atoms with Gasteiger partial charge in [-0.25, -0.2) is 0 Å². The number of rotatable bonds is 8. The Morgan fingerprint density at radius 3 is 2.32 bits per heavy atom. The molecule has 2 aromatic carbocycles. The molecule has 2 amide bonds. The molecule has 0 aliphatic rings. The lowest BCUT2D eigenvalue weighted by molar-refractivity contribution is -0.141. The SMILES string of the molecule is CCC(=O)N(Cc1ccc(Cl)cc1Cl)[C@H](Cc1ccccc1)C(=O)NC(C)C. The van der Waals surface area contributed by atoms with E-state index < -0.39 is 6.04 Å². The molecule has 0 saturated carbocycles. The van der Waals surface area contributed by atoms with Gasteiger partial charge < -0.3 is 10.2 Å². The Labute approximate surface area is 176 Å². The Bertz CT molecular complexity index is 809. The van der Waals surface area contributed by atoms with E-state index in [0.29, 0.717) is 22.9 Å². The number of carbonyl (C=O) groups excluding carboxylic acids is 2. The summed E-state index contributed by atoms with van der Waals surface area (Å²) in [5.74, 6) is -0.281. The quantitative estimate of drug-likeness (QED) is 0.661. The van der Waals surface area contributed by atoms with Crippen LogP contribution < -0.4 is 5.32 Å². The molecule has 0 unspecified atom stereocenters. The van der Waals surface area contributed by atoms with Crippen LogP contribution in [0, 0.1) is 0 Å². The van der Waals surface area contributed by atoms with Crippen molar-refractivity contribution in [2.45, 2.75) is 52.2 Å². The van der Waals surface area contributed by atoms with Gasteiger partial charge in [-0.3, -0.25) is 9.59 Å². The molecule has 2 rings (SSSR count). The molecule has 0 fully saturated rings. The van der Waals surface area contributed by atoms with Crippen LogP contribution in [0.4, 0.5) is 0 Å². The van der Waals surface area contributed by atoms with E-state index in [-0.39, 0.29) is 24.4 Å². The highest BCUT2D eigenvalue weighted by atomic mass is 35.5. The number of hydrogen-bond donors (Lipinski definition) is 1. The lowest BCUT2D eigenvalue weighted by atomic mass is 10.0. The maximum absolute atomic E-state index is 13.0. The van der Waals surface area contributed by atoms with Gasteiger partial charge in [0.2, 0.25) is 11.8 Å². The van der Waals surface area contributed by atoms with Crippen LogP contribution in [-0.4, -0.2) is 28.8 Å². The highest BCUT2D eigenvalue weighted by molar-refractivity contribution is 6.35. The van der Waals surface area contributed by atoms with Crippen LogP contribution in [0.15, 0.2) is 48.5 Å². The van der Waals surface area contributed by atoms with Crippen LogP contribution in [0.1, 0.15) is 38.3 Å². The average Bonchev–Trinajstić information content (AvgIpc) is 2.65. The van der Waals surface area contributed by atoms with Crippen LogP contribution >= 0.6 is 23.2 Å². The summed E-state index contributed by atoms with van der Waals surface area (Å²) in [6.45, 7) is 5.84. The summed E-state index contributed by atoms with van der Waals surface area (Å²) >= 11 is 12.3. The molecule has 0 saturated heterocycles.